The highest BCUT2D eigenvalue weighted by Crippen LogP contribution is 2.42. The molecule has 0 aliphatic heterocycles. The molecule has 0 saturated carbocycles. The molecule has 11 nitrogen and oxygen atoms in total. The second kappa shape index (κ2) is 26.5. The second-order valence-electron chi connectivity index (χ2n) is 13.0. The number of unbranched alkanes of at least 4 members (excludes halogenated alkanes) is 15. The van der Waals surface area contributed by atoms with E-state index in [2.05, 4.69) is 18.8 Å². The van der Waals surface area contributed by atoms with Gasteiger partial charge in [0.25, 0.3) is 0 Å². The lowest BCUT2D eigenvalue weighted by atomic mass is 10.0. The zero-order chi connectivity index (χ0) is 35.6. The van der Waals surface area contributed by atoms with Gasteiger partial charge in [-0.3, -0.25) is 4.57 Å². The summed E-state index contributed by atoms with van der Waals surface area (Å²) in [5, 5.41) is 9.60. The number of anilines is 1. The normalized spacial score (nSPS) is 14.0. The summed E-state index contributed by atoms with van der Waals surface area (Å²) in [7, 11) is -4.20. The third kappa shape index (κ3) is 20.9. The molecule has 3 atom stereocenters. The van der Waals surface area contributed by atoms with Crippen molar-refractivity contribution in [2.75, 3.05) is 31.9 Å². The van der Waals surface area contributed by atoms with E-state index in [0.29, 0.717) is 13.2 Å². The Kier molecular flexibility index (Phi) is 23.2. The van der Waals surface area contributed by atoms with Gasteiger partial charge in [-0.25, -0.2) is 9.36 Å². The minimum Gasteiger partial charge on any atom is -0.423 e. The number of benzene rings is 1. The van der Waals surface area contributed by atoms with E-state index < -0.39 is 32.3 Å². The molecule has 280 valence electrons. The van der Waals surface area contributed by atoms with E-state index in [1.54, 1.807) is 24.3 Å². The Morgan fingerprint density at radius 2 is 1.39 bits per heavy atom. The Labute approximate surface area is 294 Å². The molecule has 0 saturated heterocycles. The number of rotatable bonds is 31. The Bertz CT molecular complexity index is 1210. The van der Waals surface area contributed by atoms with Crippen LogP contribution in [0.15, 0.2) is 41.3 Å². The van der Waals surface area contributed by atoms with Crippen LogP contribution in [-0.4, -0.2) is 57.9 Å². The Morgan fingerprint density at radius 1 is 0.816 bits per heavy atom. The summed E-state index contributed by atoms with van der Waals surface area (Å²) < 4.78 is 36.4. The monoisotopic (exact) mass is 709 g/mol. The summed E-state index contributed by atoms with van der Waals surface area (Å²) in [4.78, 5) is 25.8. The van der Waals surface area contributed by atoms with Crippen molar-refractivity contribution >= 4 is 13.4 Å². The zero-order valence-electron chi connectivity index (χ0n) is 30.1. The molecular weight excluding hydrogens is 645 g/mol. The number of aliphatic hydroxyl groups excluding tert-OH is 1. The molecule has 1 heterocycles. The number of aromatic nitrogens is 2. The van der Waals surface area contributed by atoms with Crippen molar-refractivity contribution in [2.24, 2.45) is 0 Å². The van der Waals surface area contributed by atoms with Gasteiger partial charge in [-0.2, -0.15) is 4.98 Å². The fourth-order valence-corrected chi connectivity index (χ4v) is 6.37. The van der Waals surface area contributed by atoms with Gasteiger partial charge in [-0.1, -0.05) is 122 Å². The summed E-state index contributed by atoms with van der Waals surface area (Å²) in [5.41, 5.74) is 5.77. The van der Waals surface area contributed by atoms with Gasteiger partial charge in [-0.15, -0.1) is 0 Å². The fourth-order valence-electron chi connectivity index (χ4n) is 5.47. The molecule has 1 unspecified atom stereocenters. The minimum absolute atomic E-state index is 0.00820. The third-order valence-corrected chi connectivity index (χ3v) is 9.50. The van der Waals surface area contributed by atoms with E-state index in [0.717, 1.165) is 25.0 Å². The summed E-state index contributed by atoms with van der Waals surface area (Å²) in [6.45, 7) is 5.51. The third-order valence-electron chi connectivity index (χ3n) is 8.53. The highest BCUT2D eigenvalue weighted by Gasteiger charge is 2.24. The summed E-state index contributed by atoms with van der Waals surface area (Å²) in [5.74, 6) is 0.274. The first kappa shape index (κ1) is 42.9. The Balaban J connectivity index is 1.52. The first-order valence-electron chi connectivity index (χ1n) is 18.6. The van der Waals surface area contributed by atoms with E-state index in [1.807, 2.05) is 0 Å². The van der Waals surface area contributed by atoms with E-state index in [4.69, 9.17) is 24.5 Å². The van der Waals surface area contributed by atoms with Gasteiger partial charge in [0.05, 0.1) is 38.6 Å². The van der Waals surface area contributed by atoms with Crippen molar-refractivity contribution in [3.63, 3.8) is 0 Å². The smallest absolute Gasteiger partial charge is 0.402 e. The van der Waals surface area contributed by atoms with Gasteiger partial charge in [0.2, 0.25) is 0 Å². The summed E-state index contributed by atoms with van der Waals surface area (Å²) in [6.07, 6.45) is 22.3. The van der Waals surface area contributed by atoms with Crippen LogP contribution in [0.4, 0.5) is 5.82 Å². The van der Waals surface area contributed by atoms with E-state index >= 15 is 0 Å². The van der Waals surface area contributed by atoms with Gasteiger partial charge in [0, 0.05) is 12.8 Å². The van der Waals surface area contributed by atoms with Crippen LogP contribution < -0.4 is 15.9 Å². The van der Waals surface area contributed by atoms with E-state index in [9.17, 15) is 19.4 Å². The molecule has 0 fully saturated rings. The van der Waals surface area contributed by atoms with Gasteiger partial charge in [-0.05, 0) is 36.6 Å². The zero-order valence-corrected chi connectivity index (χ0v) is 31.0. The van der Waals surface area contributed by atoms with Crippen molar-refractivity contribution in [2.45, 2.75) is 148 Å². The molecule has 1 aromatic heterocycles. The highest BCUT2D eigenvalue weighted by molar-refractivity contribution is 7.53. The maximum absolute atomic E-state index is 12.6. The van der Waals surface area contributed by atoms with Gasteiger partial charge in [0.1, 0.15) is 11.6 Å². The number of hydrogen-bond acceptors (Lipinski definition) is 9. The molecule has 4 N–H and O–H groups in total. The Hall–Kier alpha value is -2.27. The summed E-state index contributed by atoms with van der Waals surface area (Å²) >= 11 is 0. The number of nitrogen functional groups attached to an aromatic ring is 1. The molecule has 49 heavy (non-hydrogen) atoms. The number of aliphatic hydroxyl groups is 1. The lowest BCUT2D eigenvalue weighted by Crippen LogP contribution is -2.32. The molecular formula is C37H64N3O8P. The first-order valence-corrected chi connectivity index (χ1v) is 20.4. The van der Waals surface area contributed by atoms with Crippen LogP contribution in [0.5, 0.6) is 5.75 Å². The quantitative estimate of drug-likeness (QED) is 0.0518. The molecule has 12 heteroatoms. The molecule has 0 radical (unpaired) electrons. The van der Waals surface area contributed by atoms with E-state index in [-0.39, 0.29) is 24.2 Å². The molecule has 0 amide bonds. The average Bonchev–Trinajstić information content (AvgIpc) is 3.08. The molecule has 0 bridgehead atoms. The number of nitrogens with two attached hydrogens (primary N) is 1. The largest absolute Gasteiger partial charge is 0.423 e. The van der Waals surface area contributed by atoms with Crippen LogP contribution in [0, 0.1) is 0 Å². The number of nitrogens with zero attached hydrogens (tertiary/aromatic N) is 2. The lowest BCUT2D eigenvalue weighted by Gasteiger charge is -2.19. The predicted octanol–water partition coefficient (Wildman–Crippen LogP) is 8.00. The topological polar surface area (TPSA) is 155 Å². The molecule has 0 aliphatic carbocycles. The van der Waals surface area contributed by atoms with Crippen molar-refractivity contribution in [1.82, 2.24) is 9.55 Å². The lowest BCUT2D eigenvalue weighted by molar-refractivity contribution is -0.0269. The standard InChI is InChI=1S/C37H64N3O8P/c1-3-5-6-7-8-9-10-11-12-13-14-15-16-17-18-19-26-45-30-33(4-2)46-29-32-20-22-34(23-21-32)48-49(43,44)31-47-35(28-41)27-40-25-24-36(38)39-37(40)42/h20-25,33,35,41H,3-19,26-31H2,1-2H3,(H,43,44)(H2,38,39,42)/t33-,35-/m0/s1. The fraction of sp³-hybridized carbons (Fsp3) is 0.730. The SMILES string of the molecule is CCCCCCCCCCCCCCCCCCOC[C@H](CC)OCc1ccc(OP(=O)(O)CO[C@H](CO)Cn2ccc(N)nc2=O)cc1. The Morgan fingerprint density at radius 3 is 1.92 bits per heavy atom. The maximum Gasteiger partial charge on any atom is 0.402 e. The van der Waals surface area contributed by atoms with Crippen LogP contribution in [0.3, 0.4) is 0 Å². The van der Waals surface area contributed by atoms with Crippen molar-refractivity contribution in [1.29, 1.82) is 0 Å². The van der Waals surface area contributed by atoms with Crippen LogP contribution in [-0.2, 0) is 31.9 Å². The van der Waals surface area contributed by atoms with Gasteiger partial charge in [0.15, 0.2) is 6.35 Å². The number of hydrogen-bond donors (Lipinski definition) is 3. The van der Waals surface area contributed by atoms with Crippen LogP contribution in [0.2, 0.25) is 0 Å². The molecule has 0 aliphatic rings. The minimum atomic E-state index is -4.20. The van der Waals surface area contributed by atoms with Gasteiger partial charge >= 0.3 is 13.3 Å². The molecule has 2 rings (SSSR count). The van der Waals surface area contributed by atoms with Crippen LogP contribution in [0.25, 0.3) is 0 Å². The van der Waals surface area contributed by atoms with Crippen molar-refractivity contribution in [3.8, 4) is 5.75 Å². The maximum atomic E-state index is 12.6. The van der Waals surface area contributed by atoms with Crippen LogP contribution >= 0.6 is 7.60 Å². The van der Waals surface area contributed by atoms with Gasteiger partial charge < -0.3 is 34.5 Å². The van der Waals surface area contributed by atoms with Crippen LogP contribution in [0.1, 0.15) is 129 Å². The number of ether oxygens (including phenoxy) is 3. The highest BCUT2D eigenvalue weighted by atomic mass is 31.2. The van der Waals surface area contributed by atoms with Crippen molar-refractivity contribution < 1.29 is 33.3 Å². The average molecular weight is 710 g/mol. The summed E-state index contributed by atoms with van der Waals surface area (Å²) in [6, 6.07) is 8.18. The molecule has 1 aromatic carbocycles. The van der Waals surface area contributed by atoms with E-state index in [1.165, 1.54) is 113 Å². The first-order chi connectivity index (χ1) is 23.8. The molecule has 2 aromatic rings. The molecule has 0 spiro atoms. The second-order valence-corrected chi connectivity index (χ2v) is 14.7. The predicted molar refractivity (Wildman–Crippen MR) is 196 cm³/mol. The van der Waals surface area contributed by atoms with Crippen molar-refractivity contribution in [3.05, 3.63) is 52.6 Å².